The van der Waals surface area contributed by atoms with Crippen LogP contribution in [0.5, 0.6) is 0 Å². The zero-order chi connectivity index (χ0) is 22.0. The van der Waals surface area contributed by atoms with E-state index in [1.165, 1.54) is 34.1 Å². The standard InChI is InChI=1S/C21H24ClFN4O2S/c1-5-26(6-2)10-17-25-20-19(12(3)13(4)30-20)21(29)27(17)11-18(28)24-14-7-8-16(23)15(22)9-14/h7-9H,5-6,10-11H2,1-4H3,(H,24,28). The van der Waals surface area contributed by atoms with E-state index in [9.17, 15) is 14.0 Å². The number of anilines is 1. The van der Waals surface area contributed by atoms with E-state index in [1.54, 1.807) is 0 Å². The molecule has 3 rings (SSSR count). The maximum atomic E-state index is 13.4. The first-order valence-electron chi connectivity index (χ1n) is 9.71. The van der Waals surface area contributed by atoms with Gasteiger partial charge in [0.1, 0.15) is 23.0 Å². The molecule has 0 bridgehead atoms. The molecule has 160 valence electrons. The molecule has 0 atom stereocenters. The van der Waals surface area contributed by atoms with Gasteiger partial charge in [0.15, 0.2) is 0 Å². The van der Waals surface area contributed by atoms with Crippen LogP contribution in [0.15, 0.2) is 23.0 Å². The van der Waals surface area contributed by atoms with E-state index < -0.39 is 11.7 Å². The predicted octanol–water partition coefficient (Wildman–Crippen LogP) is 4.35. The van der Waals surface area contributed by atoms with Crippen LogP contribution in [0.4, 0.5) is 10.1 Å². The molecule has 0 radical (unpaired) electrons. The molecule has 0 saturated heterocycles. The van der Waals surface area contributed by atoms with Gasteiger partial charge in [-0.2, -0.15) is 0 Å². The average molecular weight is 451 g/mol. The summed E-state index contributed by atoms with van der Waals surface area (Å²) < 4.78 is 14.8. The molecule has 9 heteroatoms. The van der Waals surface area contributed by atoms with Crippen molar-refractivity contribution in [1.29, 1.82) is 0 Å². The Kier molecular flexibility index (Phi) is 6.90. The largest absolute Gasteiger partial charge is 0.324 e. The normalized spacial score (nSPS) is 11.4. The minimum Gasteiger partial charge on any atom is -0.324 e. The lowest BCUT2D eigenvalue weighted by molar-refractivity contribution is -0.116. The molecule has 0 aliphatic rings. The summed E-state index contributed by atoms with van der Waals surface area (Å²) in [5.41, 5.74) is 1.03. The number of fused-ring (bicyclic) bond motifs is 1. The van der Waals surface area contributed by atoms with Crippen LogP contribution in [0, 0.1) is 19.7 Å². The fourth-order valence-electron chi connectivity index (χ4n) is 3.22. The Balaban J connectivity index is 1.99. The Hall–Kier alpha value is -2.29. The van der Waals surface area contributed by atoms with Gasteiger partial charge in [-0.3, -0.25) is 19.1 Å². The van der Waals surface area contributed by atoms with E-state index in [-0.39, 0.29) is 17.1 Å². The molecular weight excluding hydrogens is 427 g/mol. The Labute approximate surface area is 183 Å². The summed E-state index contributed by atoms with van der Waals surface area (Å²) in [6.07, 6.45) is 0. The number of nitrogens with zero attached hydrogens (tertiary/aromatic N) is 3. The van der Waals surface area contributed by atoms with Gasteiger partial charge in [0.25, 0.3) is 5.56 Å². The van der Waals surface area contributed by atoms with Crippen molar-refractivity contribution in [3.05, 3.63) is 55.7 Å². The first-order chi connectivity index (χ1) is 14.2. The first kappa shape index (κ1) is 22.4. The maximum Gasteiger partial charge on any atom is 0.263 e. The molecule has 3 aromatic rings. The second-order valence-electron chi connectivity index (χ2n) is 7.02. The molecule has 1 amide bonds. The van der Waals surface area contributed by atoms with Crippen molar-refractivity contribution in [2.45, 2.75) is 40.8 Å². The third-order valence-electron chi connectivity index (χ3n) is 5.13. The van der Waals surface area contributed by atoms with E-state index in [2.05, 4.69) is 10.2 Å². The van der Waals surface area contributed by atoms with Crippen LogP contribution in [0.25, 0.3) is 10.2 Å². The summed E-state index contributed by atoms with van der Waals surface area (Å²) in [7, 11) is 0. The van der Waals surface area contributed by atoms with E-state index in [4.69, 9.17) is 16.6 Å². The van der Waals surface area contributed by atoms with E-state index in [0.29, 0.717) is 28.3 Å². The number of carbonyl (C=O) groups is 1. The predicted molar refractivity (Wildman–Crippen MR) is 120 cm³/mol. The van der Waals surface area contributed by atoms with E-state index >= 15 is 0 Å². The van der Waals surface area contributed by atoms with Crippen LogP contribution in [-0.2, 0) is 17.9 Å². The Morgan fingerprint density at radius 2 is 2.00 bits per heavy atom. The first-order valence-corrected chi connectivity index (χ1v) is 10.9. The SMILES string of the molecule is CCN(CC)Cc1nc2sc(C)c(C)c2c(=O)n1CC(=O)Nc1ccc(F)c(Cl)c1. The Morgan fingerprint density at radius 3 is 2.63 bits per heavy atom. The van der Waals surface area contributed by atoms with Crippen LogP contribution in [0.3, 0.4) is 0 Å². The van der Waals surface area contributed by atoms with Crippen LogP contribution in [0.2, 0.25) is 5.02 Å². The number of amides is 1. The summed E-state index contributed by atoms with van der Waals surface area (Å²) in [6.45, 7) is 9.79. The maximum absolute atomic E-state index is 13.4. The van der Waals surface area contributed by atoms with Gasteiger partial charge < -0.3 is 5.32 Å². The molecule has 0 spiro atoms. The molecule has 2 aromatic heterocycles. The number of aromatic nitrogens is 2. The van der Waals surface area contributed by atoms with Gasteiger partial charge in [-0.1, -0.05) is 25.4 Å². The van der Waals surface area contributed by atoms with Crippen molar-refractivity contribution in [3.8, 4) is 0 Å². The zero-order valence-electron chi connectivity index (χ0n) is 17.4. The van der Waals surface area contributed by atoms with Crippen LogP contribution in [0.1, 0.15) is 30.1 Å². The number of benzene rings is 1. The molecule has 0 unspecified atom stereocenters. The lowest BCUT2D eigenvalue weighted by Gasteiger charge is -2.20. The second-order valence-corrected chi connectivity index (χ2v) is 8.63. The number of rotatable bonds is 7. The number of aryl methyl sites for hydroxylation is 2. The number of thiophene rings is 1. The van der Waals surface area contributed by atoms with E-state index in [0.717, 1.165) is 23.5 Å². The summed E-state index contributed by atoms with van der Waals surface area (Å²) in [5, 5.41) is 3.14. The van der Waals surface area contributed by atoms with Crippen LogP contribution < -0.4 is 10.9 Å². The van der Waals surface area contributed by atoms with Crippen molar-refractivity contribution < 1.29 is 9.18 Å². The minimum atomic E-state index is -0.564. The zero-order valence-corrected chi connectivity index (χ0v) is 19.0. The third-order valence-corrected chi connectivity index (χ3v) is 6.52. The minimum absolute atomic E-state index is 0.0837. The summed E-state index contributed by atoms with van der Waals surface area (Å²) in [6, 6.07) is 3.94. The molecule has 0 aliphatic heterocycles. The molecule has 0 saturated carbocycles. The smallest absolute Gasteiger partial charge is 0.263 e. The number of halogens is 2. The highest BCUT2D eigenvalue weighted by Gasteiger charge is 2.19. The monoisotopic (exact) mass is 450 g/mol. The molecule has 2 heterocycles. The highest BCUT2D eigenvalue weighted by atomic mass is 35.5. The van der Waals surface area contributed by atoms with Crippen molar-refractivity contribution in [1.82, 2.24) is 14.5 Å². The van der Waals surface area contributed by atoms with Gasteiger partial charge in [0.05, 0.1) is 17.0 Å². The molecule has 6 nitrogen and oxygen atoms in total. The second kappa shape index (κ2) is 9.24. The highest BCUT2D eigenvalue weighted by molar-refractivity contribution is 7.18. The van der Waals surface area contributed by atoms with Gasteiger partial charge in [-0.15, -0.1) is 11.3 Å². The molecular formula is C21H24ClFN4O2S. The van der Waals surface area contributed by atoms with Crippen LogP contribution >= 0.6 is 22.9 Å². The molecule has 0 aliphatic carbocycles. The lowest BCUT2D eigenvalue weighted by Crippen LogP contribution is -2.34. The van der Waals surface area contributed by atoms with Crippen LogP contribution in [-0.4, -0.2) is 33.4 Å². The molecule has 1 aromatic carbocycles. The molecule has 0 fully saturated rings. The third kappa shape index (κ3) is 4.55. The number of hydrogen-bond acceptors (Lipinski definition) is 5. The van der Waals surface area contributed by atoms with Gasteiger partial charge in [-0.25, -0.2) is 9.37 Å². The number of carbonyl (C=O) groups excluding carboxylic acids is 1. The fraction of sp³-hybridized carbons (Fsp3) is 0.381. The van der Waals surface area contributed by atoms with Gasteiger partial charge in [-0.05, 0) is 50.7 Å². The average Bonchev–Trinajstić information content (AvgIpc) is 2.99. The number of hydrogen-bond donors (Lipinski definition) is 1. The Morgan fingerprint density at radius 1 is 1.30 bits per heavy atom. The Bertz CT molecular complexity index is 1150. The van der Waals surface area contributed by atoms with Crippen molar-refractivity contribution >= 4 is 44.7 Å². The highest BCUT2D eigenvalue weighted by Crippen LogP contribution is 2.26. The molecule has 30 heavy (non-hydrogen) atoms. The summed E-state index contributed by atoms with van der Waals surface area (Å²) in [5.74, 6) is -0.429. The topological polar surface area (TPSA) is 67.2 Å². The quantitative estimate of drug-likeness (QED) is 0.581. The number of nitrogens with one attached hydrogen (secondary N) is 1. The van der Waals surface area contributed by atoms with Gasteiger partial charge in [0, 0.05) is 10.6 Å². The van der Waals surface area contributed by atoms with Crippen molar-refractivity contribution in [2.75, 3.05) is 18.4 Å². The van der Waals surface area contributed by atoms with E-state index in [1.807, 2.05) is 27.7 Å². The summed E-state index contributed by atoms with van der Waals surface area (Å²) >= 11 is 7.28. The van der Waals surface area contributed by atoms with Gasteiger partial charge in [0.2, 0.25) is 5.91 Å². The lowest BCUT2D eigenvalue weighted by atomic mass is 10.2. The summed E-state index contributed by atoms with van der Waals surface area (Å²) in [4.78, 5) is 34.6. The van der Waals surface area contributed by atoms with Crippen molar-refractivity contribution in [2.24, 2.45) is 0 Å². The van der Waals surface area contributed by atoms with Gasteiger partial charge >= 0.3 is 0 Å². The fourth-order valence-corrected chi connectivity index (χ4v) is 4.44. The van der Waals surface area contributed by atoms with Crippen molar-refractivity contribution in [3.63, 3.8) is 0 Å². The molecule has 1 N–H and O–H groups in total.